The Morgan fingerprint density at radius 2 is 2.05 bits per heavy atom. The molecule has 0 amide bonds. The third-order valence-corrected chi connectivity index (χ3v) is 5.16. The van der Waals surface area contributed by atoms with E-state index in [1.165, 1.54) is 36.9 Å². The van der Waals surface area contributed by atoms with Gasteiger partial charge in [0.25, 0.3) is 0 Å². The van der Waals surface area contributed by atoms with Crippen LogP contribution in [0.2, 0.25) is 0 Å². The van der Waals surface area contributed by atoms with Crippen molar-refractivity contribution >= 4 is 23.0 Å². The number of aromatic nitrogens is 1. The van der Waals surface area contributed by atoms with Crippen molar-refractivity contribution < 1.29 is 0 Å². The fourth-order valence-corrected chi connectivity index (χ4v) is 3.76. The summed E-state index contributed by atoms with van der Waals surface area (Å²) in [5.74, 6) is 1.74. The molecule has 0 aromatic carbocycles. The van der Waals surface area contributed by atoms with Crippen molar-refractivity contribution in [3.63, 3.8) is 0 Å². The van der Waals surface area contributed by atoms with Gasteiger partial charge in [0.15, 0.2) is 0 Å². The minimum atomic E-state index is 0.483. The third kappa shape index (κ3) is 2.91. The van der Waals surface area contributed by atoms with E-state index in [1.54, 1.807) is 0 Å². The van der Waals surface area contributed by atoms with Crippen molar-refractivity contribution in [1.82, 2.24) is 4.98 Å². The normalized spacial score (nSPS) is 25.5. The quantitative estimate of drug-likeness (QED) is 0.852. The standard InChI is InChI=1S/C17H25N3S/c1-11-7-8-12(2)20(10-11)17-14(16(18)21)9-13-5-3-4-6-15(13)19-17/h9,11-12H,3-8,10H2,1-2H3,(H2,18,21). The Balaban J connectivity index is 2.04. The lowest BCUT2D eigenvalue weighted by Crippen LogP contribution is -2.42. The molecule has 1 aromatic heterocycles. The van der Waals surface area contributed by atoms with Crippen LogP contribution in [-0.2, 0) is 12.8 Å². The predicted molar refractivity (Wildman–Crippen MR) is 92.0 cm³/mol. The predicted octanol–water partition coefficient (Wildman–Crippen LogP) is 3.22. The average Bonchev–Trinajstić information content (AvgIpc) is 2.48. The molecular weight excluding hydrogens is 278 g/mol. The molecule has 0 radical (unpaired) electrons. The summed E-state index contributed by atoms with van der Waals surface area (Å²) in [6, 6.07) is 2.73. The van der Waals surface area contributed by atoms with Crippen LogP contribution in [0.3, 0.4) is 0 Å². The van der Waals surface area contributed by atoms with E-state index in [1.807, 2.05) is 0 Å². The summed E-state index contributed by atoms with van der Waals surface area (Å²) in [6.07, 6.45) is 7.23. The van der Waals surface area contributed by atoms with Crippen molar-refractivity contribution in [3.8, 4) is 0 Å². The van der Waals surface area contributed by atoms with E-state index in [-0.39, 0.29) is 0 Å². The lowest BCUT2D eigenvalue weighted by Gasteiger charge is -2.39. The molecule has 0 bridgehead atoms. The summed E-state index contributed by atoms with van der Waals surface area (Å²) in [5.41, 5.74) is 9.60. The van der Waals surface area contributed by atoms with Crippen LogP contribution in [0.25, 0.3) is 0 Å². The Bertz CT molecular complexity index is 555. The number of aryl methyl sites for hydroxylation is 2. The van der Waals surface area contributed by atoms with Crippen molar-refractivity contribution in [2.24, 2.45) is 11.7 Å². The first kappa shape index (κ1) is 14.8. The molecule has 2 unspecified atom stereocenters. The number of pyridine rings is 1. The second-order valence-electron chi connectivity index (χ2n) is 6.72. The van der Waals surface area contributed by atoms with E-state index in [2.05, 4.69) is 24.8 Å². The summed E-state index contributed by atoms with van der Waals surface area (Å²) < 4.78 is 0. The largest absolute Gasteiger partial charge is 0.389 e. The van der Waals surface area contributed by atoms with Gasteiger partial charge in [0.05, 0.1) is 5.56 Å². The molecule has 21 heavy (non-hydrogen) atoms. The Labute approximate surface area is 132 Å². The van der Waals surface area contributed by atoms with Crippen LogP contribution < -0.4 is 10.6 Å². The fourth-order valence-electron chi connectivity index (χ4n) is 3.61. The monoisotopic (exact) mass is 303 g/mol. The molecule has 114 valence electrons. The number of rotatable bonds is 2. The van der Waals surface area contributed by atoms with Crippen molar-refractivity contribution in [1.29, 1.82) is 0 Å². The van der Waals surface area contributed by atoms with E-state index >= 15 is 0 Å². The molecule has 0 spiro atoms. The molecule has 2 aliphatic rings. The SMILES string of the molecule is CC1CCC(C)N(c2nc3c(cc2C(N)=S)CCCC3)C1. The molecule has 3 nitrogen and oxygen atoms in total. The van der Waals surface area contributed by atoms with Gasteiger partial charge in [-0.25, -0.2) is 4.98 Å². The van der Waals surface area contributed by atoms with E-state index in [4.69, 9.17) is 22.9 Å². The lowest BCUT2D eigenvalue weighted by molar-refractivity contribution is 0.387. The smallest absolute Gasteiger partial charge is 0.139 e. The Morgan fingerprint density at radius 1 is 1.29 bits per heavy atom. The van der Waals surface area contributed by atoms with Crippen LogP contribution in [0.4, 0.5) is 5.82 Å². The number of hydrogen-bond donors (Lipinski definition) is 1. The first-order valence-corrected chi connectivity index (χ1v) is 8.56. The zero-order valence-corrected chi connectivity index (χ0v) is 13.9. The zero-order chi connectivity index (χ0) is 15.0. The molecule has 1 aromatic rings. The van der Waals surface area contributed by atoms with Crippen LogP contribution in [0, 0.1) is 5.92 Å². The fraction of sp³-hybridized carbons (Fsp3) is 0.647. The lowest BCUT2D eigenvalue weighted by atomic mass is 9.92. The molecule has 3 rings (SSSR count). The van der Waals surface area contributed by atoms with Gasteiger partial charge in [-0.15, -0.1) is 0 Å². The number of nitrogens with zero attached hydrogens (tertiary/aromatic N) is 2. The van der Waals surface area contributed by atoms with Gasteiger partial charge in [-0.1, -0.05) is 19.1 Å². The summed E-state index contributed by atoms with van der Waals surface area (Å²) in [5, 5.41) is 0. The molecule has 2 atom stereocenters. The molecule has 2 N–H and O–H groups in total. The number of piperidine rings is 1. The van der Waals surface area contributed by atoms with Crippen LogP contribution >= 0.6 is 12.2 Å². The number of fused-ring (bicyclic) bond motifs is 1. The van der Waals surface area contributed by atoms with E-state index in [0.717, 1.165) is 30.8 Å². The molecule has 2 heterocycles. The van der Waals surface area contributed by atoms with Crippen LogP contribution in [-0.4, -0.2) is 22.6 Å². The minimum Gasteiger partial charge on any atom is -0.389 e. The van der Waals surface area contributed by atoms with Crippen molar-refractivity contribution in [2.75, 3.05) is 11.4 Å². The van der Waals surface area contributed by atoms with Gasteiger partial charge >= 0.3 is 0 Å². The van der Waals surface area contributed by atoms with Gasteiger partial charge in [0, 0.05) is 18.3 Å². The number of nitrogens with two attached hydrogens (primary N) is 1. The Hall–Kier alpha value is -1.16. The zero-order valence-electron chi connectivity index (χ0n) is 13.1. The van der Waals surface area contributed by atoms with Gasteiger partial charge < -0.3 is 10.6 Å². The average molecular weight is 303 g/mol. The molecule has 1 fully saturated rings. The van der Waals surface area contributed by atoms with Crippen LogP contribution in [0.5, 0.6) is 0 Å². The maximum Gasteiger partial charge on any atom is 0.139 e. The highest BCUT2D eigenvalue weighted by Crippen LogP contribution is 2.32. The topological polar surface area (TPSA) is 42.2 Å². The van der Waals surface area contributed by atoms with Crippen molar-refractivity contribution in [3.05, 3.63) is 22.9 Å². The Kier molecular flexibility index (Phi) is 4.16. The Morgan fingerprint density at radius 3 is 2.81 bits per heavy atom. The van der Waals surface area contributed by atoms with Crippen LogP contribution in [0.15, 0.2) is 6.07 Å². The number of anilines is 1. The maximum atomic E-state index is 6.00. The van der Waals surface area contributed by atoms with Gasteiger partial charge in [-0.2, -0.15) is 0 Å². The third-order valence-electron chi connectivity index (χ3n) is 4.94. The molecule has 0 saturated carbocycles. The first-order chi connectivity index (χ1) is 10.1. The van der Waals surface area contributed by atoms with E-state index < -0.39 is 0 Å². The maximum absolute atomic E-state index is 6.00. The van der Waals surface area contributed by atoms with Gasteiger partial charge in [0.1, 0.15) is 10.8 Å². The summed E-state index contributed by atoms with van der Waals surface area (Å²) in [7, 11) is 0. The highest BCUT2D eigenvalue weighted by Gasteiger charge is 2.27. The molecule has 1 aliphatic carbocycles. The minimum absolute atomic E-state index is 0.483. The second-order valence-corrected chi connectivity index (χ2v) is 7.16. The second kappa shape index (κ2) is 5.91. The molecular formula is C17H25N3S. The van der Waals surface area contributed by atoms with E-state index in [0.29, 0.717) is 16.9 Å². The number of thiocarbonyl (C=S) groups is 1. The highest BCUT2D eigenvalue weighted by molar-refractivity contribution is 7.80. The van der Waals surface area contributed by atoms with Gasteiger partial charge in [-0.05, 0) is 63.0 Å². The van der Waals surface area contributed by atoms with Gasteiger partial charge in [-0.3, -0.25) is 0 Å². The summed E-state index contributed by atoms with van der Waals surface area (Å²) in [4.78, 5) is 7.91. The van der Waals surface area contributed by atoms with Crippen molar-refractivity contribution in [2.45, 2.75) is 58.4 Å². The summed E-state index contributed by atoms with van der Waals surface area (Å²) in [6.45, 7) is 5.66. The summed E-state index contributed by atoms with van der Waals surface area (Å²) >= 11 is 5.30. The molecule has 1 aliphatic heterocycles. The van der Waals surface area contributed by atoms with E-state index in [9.17, 15) is 0 Å². The molecule has 1 saturated heterocycles. The number of hydrogen-bond acceptors (Lipinski definition) is 3. The van der Waals surface area contributed by atoms with Gasteiger partial charge in [0.2, 0.25) is 0 Å². The highest BCUT2D eigenvalue weighted by atomic mass is 32.1. The van der Waals surface area contributed by atoms with Crippen LogP contribution in [0.1, 0.15) is 56.4 Å². The molecule has 4 heteroatoms. The first-order valence-electron chi connectivity index (χ1n) is 8.15.